The molecule has 1 aromatic carbocycles. The van der Waals surface area contributed by atoms with E-state index in [0.717, 1.165) is 29.2 Å². The Labute approximate surface area is 137 Å². The molecule has 1 heterocycles. The molecule has 0 saturated heterocycles. The average molecular weight is 341 g/mol. The van der Waals surface area contributed by atoms with Crippen molar-refractivity contribution in [2.45, 2.75) is 25.0 Å². The number of rotatable bonds is 7. The molecule has 8 heteroatoms. The van der Waals surface area contributed by atoms with E-state index in [1.807, 2.05) is 12.1 Å². The van der Waals surface area contributed by atoms with Gasteiger partial charge in [0.25, 0.3) is 0 Å². The fraction of sp³-hybridized carbons (Fsp3) is 0.357. The van der Waals surface area contributed by atoms with Gasteiger partial charge in [-0.05, 0) is 24.6 Å². The highest BCUT2D eigenvalue weighted by atomic mass is 35.5. The molecule has 1 aromatic heterocycles. The third kappa shape index (κ3) is 4.14. The summed E-state index contributed by atoms with van der Waals surface area (Å²) in [4.78, 5) is 26.8. The van der Waals surface area contributed by atoms with Crippen molar-refractivity contribution in [1.82, 2.24) is 14.9 Å². The number of aromatic nitrogens is 2. The SMILES string of the molecule is CCCn1c(SCC(=O)NCC(N)=O)nc2cc(Cl)ccc21. The Morgan fingerprint density at radius 2 is 2.23 bits per heavy atom. The van der Waals surface area contributed by atoms with Crippen LogP contribution in [0.2, 0.25) is 5.02 Å². The number of carbonyl (C=O) groups excluding carboxylic acids is 2. The van der Waals surface area contributed by atoms with Gasteiger partial charge in [0.15, 0.2) is 5.16 Å². The summed E-state index contributed by atoms with van der Waals surface area (Å²) >= 11 is 7.31. The number of benzene rings is 1. The van der Waals surface area contributed by atoms with Gasteiger partial charge in [0.05, 0.1) is 23.3 Å². The van der Waals surface area contributed by atoms with Gasteiger partial charge in [0, 0.05) is 11.6 Å². The molecular weight excluding hydrogens is 324 g/mol. The first-order valence-electron chi connectivity index (χ1n) is 6.85. The number of thioether (sulfide) groups is 1. The smallest absolute Gasteiger partial charge is 0.236 e. The summed E-state index contributed by atoms with van der Waals surface area (Å²) in [5, 5.41) is 3.84. The van der Waals surface area contributed by atoms with E-state index in [1.54, 1.807) is 6.07 Å². The van der Waals surface area contributed by atoms with Crippen LogP contribution >= 0.6 is 23.4 Å². The molecule has 2 amide bonds. The van der Waals surface area contributed by atoms with Gasteiger partial charge in [-0.1, -0.05) is 30.3 Å². The molecule has 118 valence electrons. The Bertz CT molecular complexity index is 701. The topological polar surface area (TPSA) is 90.0 Å². The molecule has 3 N–H and O–H groups in total. The standard InChI is InChI=1S/C14H17ClN4O2S/c1-2-5-19-11-4-3-9(15)6-10(11)18-14(19)22-8-13(21)17-7-12(16)20/h3-4,6H,2,5,7-8H2,1H3,(H2,16,20)(H,17,21). The monoisotopic (exact) mass is 340 g/mol. The third-order valence-electron chi connectivity index (χ3n) is 2.91. The van der Waals surface area contributed by atoms with Gasteiger partial charge in [-0.3, -0.25) is 9.59 Å². The van der Waals surface area contributed by atoms with E-state index in [1.165, 1.54) is 11.8 Å². The molecule has 0 spiro atoms. The number of nitrogens with zero attached hydrogens (tertiary/aromatic N) is 2. The van der Waals surface area contributed by atoms with Crippen molar-refractivity contribution in [3.05, 3.63) is 23.2 Å². The van der Waals surface area contributed by atoms with Crippen molar-refractivity contribution in [2.75, 3.05) is 12.3 Å². The lowest BCUT2D eigenvalue weighted by atomic mass is 10.3. The summed E-state index contributed by atoms with van der Waals surface area (Å²) in [7, 11) is 0. The van der Waals surface area contributed by atoms with Crippen LogP contribution in [-0.4, -0.2) is 33.7 Å². The van der Waals surface area contributed by atoms with Crippen LogP contribution in [0.4, 0.5) is 0 Å². The Morgan fingerprint density at radius 1 is 1.45 bits per heavy atom. The van der Waals surface area contributed by atoms with E-state index in [2.05, 4.69) is 21.8 Å². The number of nitrogens with one attached hydrogen (secondary N) is 1. The van der Waals surface area contributed by atoms with Gasteiger partial charge < -0.3 is 15.6 Å². The van der Waals surface area contributed by atoms with Crippen LogP contribution in [0.1, 0.15) is 13.3 Å². The van der Waals surface area contributed by atoms with E-state index in [4.69, 9.17) is 17.3 Å². The van der Waals surface area contributed by atoms with Crippen LogP contribution in [0.3, 0.4) is 0 Å². The van der Waals surface area contributed by atoms with Crippen molar-refractivity contribution in [2.24, 2.45) is 5.73 Å². The normalized spacial score (nSPS) is 10.8. The molecule has 0 fully saturated rings. The van der Waals surface area contributed by atoms with Crippen LogP contribution < -0.4 is 11.1 Å². The van der Waals surface area contributed by atoms with Crippen LogP contribution in [-0.2, 0) is 16.1 Å². The number of fused-ring (bicyclic) bond motifs is 1. The Balaban J connectivity index is 2.14. The lowest BCUT2D eigenvalue weighted by Gasteiger charge is -2.07. The Hall–Kier alpha value is -1.73. The zero-order valence-electron chi connectivity index (χ0n) is 12.1. The van der Waals surface area contributed by atoms with Crippen molar-refractivity contribution < 1.29 is 9.59 Å². The number of aryl methyl sites for hydroxylation is 1. The molecule has 0 aliphatic rings. The van der Waals surface area contributed by atoms with E-state index >= 15 is 0 Å². The van der Waals surface area contributed by atoms with E-state index < -0.39 is 5.91 Å². The predicted octanol–water partition coefficient (Wildman–Crippen LogP) is 1.79. The number of hydrogen-bond acceptors (Lipinski definition) is 4. The van der Waals surface area contributed by atoms with Crippen molar-refractivity contribution in [3.63, 3.8) is 0 Å². The van der Waals surface area contributed by atoms with Gasteiger partial charge >= 0.3 is 0 Å². The summed E-state index contributed by atoms with van der Waals surface area (Å²) in [6.07, 6.45) is 0.954. The molecule has 0 radical (unpaired) electrons. The maximum Gasteiger partial charge on any atom is 0.236 e. The first kappa shape index (κ1) is 16.6. The van der Waals surface area contributed by atoms with E-state index in [-0.39, 0.29) is 18.2 Å². The molecule has 0 atom stereocenters. The molecule has 0 aliphatic heterocycles. The summed E-state index contributed by atoms with van der Waals surface area (Å²) in [6, 6.07) is 5.56. The number of amides is 2. The number of halogens is 1. The zero-order valence-corrected chi connectivity index (χ0v) is 13.7. The second kappa shape index (κ2) is 7.51. The minimum atomic E-state index is -0.564. The lowest BCUT2D eigenvalue weighted by molar-refractivity contribution is -0.123. The van der Waals surface area contributed by atoms with Crippen LogP contribution in [0.25, 0.3) is 11.0 Å². The number of carbonyl (C=O) groups is 2. The molecule has 2 aromatic rings. The Kier molecular flexibility index (Phi) is 5.68. The van der Waals surface area contributed by atoms with Gasteiger partial charge in [-0.25, -0.2) is 4.98 Å². The largest absolute Gasteiger partial charge is 0.368 e. The second-order valence-corrected chi connectivity index (χ2v) is 6.09. The van der Waals surface area contributed by atoms with Gasteiger partial charge in [0.1, 0.15) is 0 Å². The lowest BCUT2D eigenvalue weighted by Crippen LogP contribution is -2.34. The molecule has 0 saturated carbocycles. The van der Waals surface area contributed by atoms with Crippen LogP contribution in [0.5, 0.6) is 0 Å². The van der Waals surface area contributed by atoms with E-state index in [0.29, 0.717) is 5.02 Å². The predicted molar refractivity (Wildman–Crippen MR) is 88.0 cm³/mol. The third-order valence-corrected chi connectivity index (χ3v) is 4.13. The highest BCUT2D eigenvalue weighted by molar-refractivity contribution is 7.99. The number of hydrogen-bond donors (Lipinski definition) is 2. The summed E-state index contributed by atoms with van der Waals surface area (Å²) in [5.41, 5.74) is 6.79. The van der Waals surface area contributed by atoms with Crippen LogP contribution in [0.15, 0.2) is 23.4 Å². The summed E-state index contributed by atoms with van der Waals surface area (Å²) < 4.78 is 2.07. The summed E-state index contributed by atoms with van der Waals surface area (Å²) in [5.74, 6) is -0.642. The van der Waals surface area contributed by atoms with Gasteiger partial charge in [-0.15, -0.1) is 0 Å². The van der Waals surface area contributed by atoms with Crippen molar-refractivity contribution in [1.29, 1.82) is 0 Å². The molecule has 0 unspecified atom stereocenters. The van der Waals surface area contributed by atoms with Gasteiger partial charge in [-0.2, -0.15) is 0 Å². The molecule has 2 rings (SSSR count). The maximum atomic E-state index is 11.7. The van der Waals surface area contributed by atoms with Crippen molar-refractivity contribution in [3.8, 4) is 0 Å². The first-order chi connectivity index (χ1) is 10.5. The molecule has 0 bridgehead atoms. The number of imidazole rings is 1. The Morgan fingerprint density at radius 3 is 2.91 bits per heavy atom. The van der Waals surface area contributed by atoms with Crippen LogP contribution in [0, 0.1) is 0 Å². The molecule has 0 aliphatic carbocycles. The highest BCUT2D eigenvalue weighted by Crippen LogP contribution is 2.26. The average Bonchev–Trinajstić information content (AvgIpc) is 2.80. The first-order valence-corrected chi connectivity index (χ1v) is 8.21. The van der Waals surface area contributed by atoms with Gasteiger partial charge in [0.2, 0.25) is 11.8 Å². The number of primary amides is 1. The minimum Gasteiger partial charge on any atom is -0.368 e. The van der Waals surface area contributed by atoms with Crippen molar-refractivity contribution >= 4 is 46.2 Å². The maximum absolute atomic E-state index is 11.7. The highest BCUT2D eigenvalue weighted by Gasteiger charge is 2.13. The molecule has 6 nitrogen and oxygen atoms in total. The fourth-order valence-electron chi connectivity index (χ4n) is 2.00. The zero-order chi connectivity index (χ0) is 16.1. The summed E-state index contributed by atoms with van der Waals surface area (Å²) in [6.45, 7) is 2.74. The minimum absolute atomic E-state index is 0.152. The molecule has 22 heavy (non-hydrogen) atoms. The van der Waals surface area contributed by atoms with E-state index in [9.17, 15) is 9.59 Å². The second-order valence-electron chi connectivity index (χ2n) is 4.71. The number of nitrogens with two attached hydrogens (primary N) is 1. The molecular formula is C14H17ClN4O2S. The quantitative estimate of drug-likeness (QED) is 0.752. The fourth-order valence-corrected chi connectivity index (χ4v) is 3.03.